The maximum Gasteiger partial charge on any atom is 0.203 e. The van der Waals surface area contributed by atoms with Crippen molar-refractivity contribution < 1.29 is 23.7 Å². The minimum atomic E-state index is -1.18. The van der Waals surface area contributed by atoms with Gasteiger partial charge in [0.1, 0.15) is 17.1 Å². The number of ether oxygens (including phenoxy) is 3. The minimum Gasteiger partial charge on any atom is -0.493 e. The number of hydrogen-bond acceptors (Lipinski definition) is 6. The van der Waals surface area contributed by atoms with Crippen LogP contribution < -0.4 is 24.8 Å². The van der Waals surface area contributed by atoms with Gasteiger partial charge < -0.3 is 34.4 Å². The zero-order chi connectivity index (χ0) is 21.4. The highest BCUT2D eigenvalue weighted by Crippen LogP contribution is 2.39. The summed E-state index contributed by atoms with van der Waals surface area (Å²) in [6, 6.07) is 7.30. The Morgan fingerprint density at radius 3 is 2.34 bits per heavy atom. The number of hydrogen-bond donors (Lipinski definition) is 3. The molecule has 0 aliphatic rings. The van der Waals surface area contributed by atoms with E-state index in [2.05, 4.69) is 15.6 Å². The van der Waals surface area contributed by atoms with Crippen molar-refractivity contribution >= 4 is 5.96 Å². The molecule has 1 heterocycles. The van der Waals surface area contributed by atoms with E-state index >= 15 is 0 Å². The molecule has 0 saturated carbocycles. The molecule has 0 aliphatic heterocycles. The van der Waals surface area contributed by atoms with Gasteiger partial charge in [-0.05, 0) is 45.0 Å². The third kappa shape index (κ3) is 5.57. The fraction of sp³-hybridized carbons (Fsp3) is 0.476. The van der Waals surface area contributed by atoms with E-state index in [0.29, 0.717) is 42.1 Å². The molecule has 1 atom stereocenters. The molecular weight excluding hydrogens is 374 g/mol. The van der Waals surface area contributed by atoms with Gasteiger partial charge in [-0.3, -0.25) is 0 Å². The second-order valence-corrected chi connectivity index (χ2v) is 6.73. The molecule has 1 aromatic heterocycles. The highest BCUT2D eigenvalue weighted by Gasteiger charge is 2.27. The number of benzene rings is 1. The number of rotatable bonds is 9. The Kier molecular flexibility index (Phi) is 7.78. The summed E-state index contributed by atoms with van der Waals surface area (Å²) in [5, 5.41) is 17.1. The van der Waals surface area contributed by atoms with Gasteiger partial charge in [0.05, 0.1) is 34.4 Å². The molecule has 0 spiro atoms. The third-order valence-electron chi connectivity index (χ3n) is 4.41. The number of aliphatic hydroxyl groups is 1. The van der Waals surface area contributed by atoms with Gasteiger partial charge in [-0.25, -0.2) is 4.99 Å². The van der Waals surface area contributed by atoms with Gasteiger partial charge >= 0.3 is 0 Å². The third-order valence-corrected chi connectivity index (χ3v) is 4.41. The average molecular weight is 405 g/mol. The van der Waals surface area contributed by atoms with Crippen molar-refractivity contribution in [3.05, 3.63) is 41.3 Å². The van der Waals surface area contributed by atoms with Crippen LogP contribution in [0.2, 0.25) is 0 Å². The number of furan rings is 1. The van der Waals surface area contributed by atoms with Gasteiger partial charge in [-0.2, -0.15) is 0 Å². The molecule has 0 bridgehead atoms. The Balaban J connectivity index is 2.17. The lowest BCUT2D eigenvalue weighted by Crippen LogP contribution is -2.44. The van der Waals surface area contributed by atoms with Gasteiger partial charge in [0, 0.05) is 12.1 Å². The Morgan fingerprint density at radius 2 is 1.79 bits per heavy atom. The van der Waals surface area contributed by atoms with Crippen molar-refractivity contribution in [3.8, 4) is 17.2 Å². The van der Waals surface area contributed by atoms with E-state index in [9.17, 15) is 5.11 Å². The predicted molar refractivity (Wildman–Crippen MR) is 112 cm³/mol. The molecule has 2 rings (SSSR count). The van der Waals surface area contributed by atoms with Gasteiger partial charge in [0.2, 0.25) is 5.75 Å². The molecule has 8 heteroatoms. The molecule has 0 fully saturated rings. The van der Waals surface area contributed by atoms with E-state index in [1.807, 2.05) is 32.0 Å². The van der Waals surface area contributed by atoms with E-state index in [0.717, 1.165) is 11.3 Å². The molecule has 160 valence electrons. The number of aliphatic imine (C=N–C) groups is 1. The van der Waals surface area contributed by atoms with E-state index < -0.39 is 5.60 Å². The predicted octanol–water partition coefficient (Wildman–Crippen LogP) is 2.58. The lowest BCUT2D eigenvalue weighted by atomic mass is 10.0. The SMILES string of the molecule is CCNC(=NCc1ccc(OC)c(OC)c1OC)NCC(C)(O)c1ccc(C)o1. The van der Waals surface area contributed by atoms with Crippen LogP contribution >= 0.6 is 0 Å². The van der Waals surface area contributed by atoms with Crippen LogP contribution in [-0.2, 0) is 12.1 Å². The topological polar surface area (TPSA) is 97.5 Å². The standard InChI is InChI=1S/C21H31N3O5/c1-7-22-20(24-13-21(3,25)17-11-8-14(2)29-17)23-12-15-9-10-16(26-4)19(28-6)18(15)27-5/h8-11,25H,7,12-13H2,1-6H3,(H2,22,23,24). The van der Waals surface area contributed by atoms with Crippen LogP contribution in [0, 0.1) is 6.92 Å². The van der Waals surface area contributed by atoms with Crippen molar-refractivity contribution in [2.75, 3.05) is 34.4 Å². The van der Waals surface area contributed by atoms with Crippen LogP contribution in [0.15, 0.2) is 33.7 Å². The summed E-state index contributed by atoms with van der Waals surface area (Å²) in [7, 11) is 4.72. The lowest BCUT2D eigenvalue weighted by Gasteiger charge is -2.23. The largest absolute Gasteiger partial charge is 0.493 e. The normalized spacial score (nSPS) is 13.6. The maximum absolute atomic E-state index is 10.7. The molecule has 3 N–H and O–H groups in total. The molecule has 0 radical (unpaired) electrons. The van der Waals surface area contributed by atoms with Gasteiger partial charge in [-0.15, -0.1) is 0 Å². The van der Waals surface area contributed by atoms with Gasteiger partial charge in [-0.1, -0.05) is 0 Å². The number of methoxy groups -OCH3 is 3. The smallest absolute Gasteiger partial charge is 0.203 e. The summed E-state index contributed by atoms with van der Waals surface area (Å²) in [6.45, 7) is 6.77. The van der Waals surface area contributed by atoms with Crippen LogP contribution in [-0.4, -0.2) is 45.5 Å². The molecule has 0 amide bonds. The molecule has 1 unspecified atom stereocenters. The Bertz CT molecular complexity index is 830. The van der Waals surface area contributed by atoms with Crippen LogP contribution in [0.4, 0.5) is 0 Å². The Hall–Kier alpha value is -2.87. The molecular formula is C21H31N3O5. The van der Waals surface area contributed by atoms with Crippen LogP contribution in [0.3, 0.4) is 0 Å². The number of guanidine groups is 1. The highest BCUT2D eigenvalue weighted by molar-refractivity contribution is 5.80. The first-order chi connectivity index (χ1) is 13.9. The van der Waals surface area contributed by atoms with Crippen LogP contribution in [0.1, 0.15) is 30.9 Å². The van der Waals surface area contributed by atoms with Crippen molar-refractivity contribution in [3.63, 3.8) is 0 Å². The first-order valence-electron chi connectivity index (χ1n) is 9.45. The number of nitrogens with one attached hydrogen (secondary N) is 2. The number of nitrogens with zero attached hydrogens (tertiary/aromatic N) is 1. The fourth-order valence-corrected chi connectivity index (χ4v) is 2.86. The lowest BCUT2D eigenvalue weighted by molar-refractivity contribution is 0.0378. The first kappa shape index (κ1) is 22.4. The summed E-state index contributed by atoms with van der Waals surface area (Å²) in [6.07, 6.45) is 0. The van der Waals surface area contributed by atoms with Gasteiger partial charge in [0.25, 0.3) is 0 Å². The Labute approximate surface area is 171 Å². The van der Waals surface area contributed by atoms with Gasteiger partial charge in [0.15, 0.2) is 17.5 Å². The Morgan fingerprint density at radius 1 is 1.07 bits per heavy atom. The second-order valence-electron chi connectivity index (χ2n) is 6.73. The monoisotopic (exact) mass is 405 g/mol. The zero-order valence-corrected chi connectivity index (χ0v) is 18.0. The minimum absolute atomic E-state index is 0.231. The average Bonchev–Trinajstić information content (AvgIpc) is 3.16. The van der Waals surface area contributed by atoms with E-state index in [1.165, 1.54) is 0 Å². The molecule has 2 aromatic rings. The summed E-state index contributed by atoms with van der Waals surface area (Å²) >= 11 is 0. The summed E-state index contributed by atoms with van der Waals surface area (Å²) in [5.74, 6) is 3.50. The molecule has 0 aliphatic carbocycles. The maximum atomic E-state index is 10.7. The van der Waals surface area contributed by atoms with Crippen LogP contribution in [0.5, 0.6) is 17.2 Å². The summed E-state index contributed by atoms with van der Waals surface area (Å²) < 4.78 is 21.8. The summed E-state index contributed by atoms with van der Waals surface area (Å²) in [4.78, 5) is 4.60. The fourth-order valence-electron chi connectivity index (χ4n) is 2.86. The van der Waals surface area contributed by atoms with Crippen LogP contribution in [0.25, 0.3) is 0 Å². The zero-order valence-electron chi connectivity index (χ0n) is 18.0. The molecule has 1 aromatic carbocycles. The van der Waals surface area contributed by atoms with Crippen molar-refractivity contribution in [1.29, 1.82) is 0 Å². The molecule has 29 heavy (non-hydrogen) atoms. The summed E-state index contributed by atoms with van der Waals surface area (Å²) in [5.41, 5.74) is -0.332. The quantitative estimate of drug-likeness (QED) is 0.436. The molecule has 8 nitrogen and oxygen atoms in total. The second kappa shape index (κ2) is 10.1. The molecule has 0 saturated heterocycles. The van der Waals surface area contributed by atoms with Crippen molar-refractivity contribution in [2.24, 2.45) is 4.99 Å². The highest BCUT2D eigenvalue weighted by atomic mass is 16.5. The van der Waals surface area contributed by atoms with E-state index in [1.54, 1.807) is 34.3 Å². The van der Waals surface area contributed by atoms with Crippen molar-refractivity contribution in [1.82, 2.24) is 10.6 Å². The number of aryl methyl sites for hydroxylation is 1. The van der Waals surface area contributed by atoms with E-state index in [-0.39, 0.29) is 6.54 Å². The first-order valence-corrected chi connectivity index (χ1v) is 9.45. The van der Waals surface area contributed by atoms with E-state index in [4.69, 9.17) is 18.6 Å². The van der Waals surface area contributed by atoms with Crippen molar-refractivity contribution in [2.45, 2.75) is 32.9 Å².